The average Bonchev–Trinajstić information content (AvgIpc) is 3.17. The highest BCUT2D eigenvalue weighted by Crippen LogP contribution is 2.29. The molecule has 26 heavy (non-hydrogen) atoms. The van der Waals surface area contributed by atoms with Crippen LogP contribution in [0.3, 0.4) is 0 Å². The second-order valence-corrected chi connectivity index (χ2v) is 7.47. The monoisotopic (exact) mass is 374 g/mol. The summed E-state index contributed by atoms with van der Waals surface area (Å²) in [5, 5.41) is 5.29. The van der Waals surface area contributed by atoms with E-state index in [1.807, 2.05) is 24.3 Å². The minimum Gasteiger partial charge on any atom is -0.497 e. The molecule has 2 atom stereocenters. The first-order valence-electron chi connectivity index (χ1n) is 8.95. The average molecular weight is 375 g/mol. The van der Waals surface area contributed by atoms with E-state index >= 15 is 0 Å². The topological polar surface area (TPSA) is 50.8 Å². The van der Waals surface area contributed by atoms with Crippen molar-refractivity contribution in [2.24, 2.45) is 0 Å². The number of carbonyl (C=O) groups excluding carboxylic acids is 1. The third-order valence-electron chi connectivity index (χ3n) is 4.66. The van der Waals surface area contributed by atoms with Crippen LogP contribution in [0.2, 0.25) is 0 Å². The van der Waals surface area contributed by atoms with Crippen LogP contribution in [0, 0.1) is 0 Å². The summed E-state index contributed by atoms with van der Waals surface area (Å²) >= 11 is 1.74. The number of ether oxygens (including phenoxy) is 2. The molecule has 5 nitrogen and oxygen atoms in total. The standard InChI is InChI=1S/C20H26N2O3S/c1-15(21-19(23)14-16-5-7-17(24-2)8-6-16)20(18-4-3-13-26-18)22-9-11-25-12-10-22/h3-8,13,15,20H,9-12,14H2,1-2H3,(H,21,23). The number of amides is 1. The predicted octanol–water partition coefficient (Wildman–Crippen LogP) is 2.88. The Hall–Kier alpha value is -1.89. The molecular formula is C20H26N2O3S. The van der Waals surface area contributed by atoms with Gasteiger partial charge >= 0.3 is 0 Å². The van der Waals surface area contributed by atoms with Crippen LogP contribution in [0.25, 0.3) is 0 Å². The fraction of sp³-hybridized carbons (Fsp3) is 0.450. The van der Waals surface area contributed by atoms with Gasteiger partial charge in [0.1, 0.15) is 5.75 Å². The molecule has 0 aliphatic carbocycles. The third-order valence-corrected chi connectivity index (χ3v) is 5.60. The number of carbonyl (C=O) groups is 1. The largest absolute Gasteiger partial charge is 0.497 e. The molecule has 0 saturated carbocycles. The first-order chi connectivity index (χ1) is 12.7. The van der Waals surface area contributed by atoms with E-state index in [0.29, 0.717) is 6.42 Å². The maximum absolute atomic E-state index is 12.6. The Bertz CT molecular complexity index is 682. The van der Waals surface area contributed by atoms with E-state index in [1.165, 1.54) is 4.88 Å². The molecular weight excluding hydrogens is 348 g/mol. The lowest BCUT2D eigenvalue weighted by Crippen LogP contribution is -2.48. The molecule has 2 heterocycles. The Morgan fingerprint density at radius 3 is 2.62 bits per heavy atom. The summed E-state index contributed by atoms with van der Waals surface area (Å²) in [6, 6.07) is 12.1. The van der Waals surface area contributed by atoms with Crippen LogP contribution in [0.15, 0.2) is 41.8 Å². The van der Waals surface area contributed by atoms with E-state index in [0.717, 1.165) is 37.6 Å². The number of benzene rings is 1. The van der Waals surface area contributed by atoms with Gasteiger partial charge in [0.2, 0.25) is 5.91 Å². The van der Waals surface area contributed by atoms with E-state index in [-0.39, 0.29) is 18.0 Å². The fourth-order valence-corrected chi connectivity index (χ4v) is 4.33. The van der Waals surface area contributed by atoms with Gasteiger partial charge in [-0.1, -0.05) is 18.2 Å². The van der Waals surface area contributed by atoms with Crippen LogP contribution < -0.4 is 10.1 Å². The SMILES string of the molecule is COc1ccc(CC(=O)NC(C)C(c2cccs2)N2CCOCC2)cc1. The van der Waals surface area contributed by atoms with Gasteiger partial charge in [-0.2, -0.15) is 0 Å². The van der Waals surface area contributed by atoms with Crippen LogP contribution in [0.4, 0.5) is 0 Å². The first-order valence-corrected chi connectivity index (χ1v) is 9.83. The molecule has 0 bridgehead atoms. The third kappa shape index (κ3) is 4.84. The van der Waals surface area contributed by atoms with Crippen LogP contribution in [0.1, 0.15) is 23.4 Å². The van der Waals surface area contributed by atoms with Crippen LogP contribution >= 0.6 is 11.3 Å². The molecule has 1 N–H and O–H groups in total. The first kappa shape index (κ1) is 18.9. The zero-order valence-electron chi connectivity index (χ0n) is 15.3. The van der Waals surface area contributed by atoms with Gasteiger partial charge in [-0.05, 0) is 36.1 Å². The highest BCUT2D eigenvalue weighted by Gasteiger charge is 2.29. The molecule has 2 unspecified atom stereocenters. The van der Waals surface area contributed by atoms with Crippen molar-refractivity contribution in [3.63, 3.8) is 0 Å². The number of morpholine rings is 1. The lowest BCUT2D eigenvalue weighted by molar-refractivity contribution is -0.121. The smallest absolute Gasteiger partial charge is 0.224 e. The Morgan fingerprint density at radius 1 is 1.27 bits per heavy atom. The lowest BCUT2D eigenvalue weighted by atomic mass is 10.0. The molecule has 1 aliphatic heterocycles. The van der Waals surface area contributed by atoms with E-state index in [2.05, 4.69) is 34.7 Å². The van der Waals surface area contributed by atoms with E-state index < -0.39 is 0 Å². The molecule has 1 aromatic carbocycles. The molecule has 6 heteroatoms. The molecule has 1 amide bonds. The van der Waals surface area contributed by atoms with Gasteiger partial charge in [-0.15, -0.1) is 11.3 Å². The maximum atomic E-state index is 12.6. The van der Waals surface area contributed by atoms with Crippen molar-refractivity contribution in [1.29, 1.82) is 0 Å². The van der Waals surface area contributed by atoms with Crippen molar-refractivity contribution >= 4 is 17.2 Å². The van der Waals surface area contributed by atoms with Gasteiger partial charge in [0.05, 0.1) is 32.8 Å². The minimum atomic E-state index is 0.0255. The zero-order valence-corrected chi connectivity index (χ0v) is 16.1. The number of nitrogens with zero attached hydrogens (tertiary/aromatic N) is 1. The van der Waals surface area contributed by atoms with Crippen LogP contribution in [0.5, 0.6) is 5.75 Å². The Kier molecular flexibility index (Phi) is 6.66. The van der Waals surface area contributed by atoms with Gasteiger partial charge in [0.25, 0.3) is 0 Å². The summed E-state index contributed by atoms with van der Waals surface area (Å²) < 4.78 is 10.7. The summed E-state index contributed by atoms with van der Waals surface area (Å²) in [7, 11) is 1.64. The molecule has 1 aliphatic rings. The summed E-state index contributed by atoms with van der Waals surface area (Å²) in [5.74, 6) is 0.838. The molecule has 0 radical (unpaired) electrons. The highest BCUT2D eigenvalue weighted by atomic mass is 32.1. The van der Waals surface area contributed by atoms with Gasteiger partial charge in [0.15, 0.2) is 0 Å². The van der Waals surface area contributed by atoms with Crippen molar-refractivity contribution in [1.82, 2.24) is 10.2 Å². The fourth-order valence-electron chi connectivity index (χ4n) is 3.37. The lowest BCUT2D eigenvalue weighted by Gasteiger charge is -2.37. The number of thiophene rings is 1. The number of hydrogen-bond donors (Lipinski definition) is 1. The molecule has 140 valence electrons. The van der Waals surface area contributed by atoms with E-state index in [4.69, 9.17) is 9.47 Å². The number of rotatable bonds is 7. The van der Waals surface area contributed by atoms with Crippen molar-refractivity contribution in [3.05, 3.63) is 52.2 Å². The molecule has 1 aromatic heterocycles. The minimum absolute atomic E-state index is 0.0255. The molecule has 1 fully saturated rings. The summed E-state index contributed by atoms with van der Waals surface area (Å²) in [6.07, 6.45) is 0.370. The quantitative estimate of drug-likeness (QED) is 0.810. The maximum Gasteiger partial charge on any atom is 0.224 e. The zero-order chi connectivity index (χ0) is 18.4. The predicted molar refractivity (Wildman–Crippen MR) is 104 cm³/mol. The molecule has 3 rings (SSSR count). The highest BCUT2D eigenvalue weighted by molar-refractivity contribution is 7.10. The van der Waals surface area contributed by atoms with Crippen LogP contribution in [-0.2, 0) is 16.0 Å². The van der Waals surface area contributed by atoms with Crippen molar-refractivity contribution in [3.8, 4) is 5.75 Å². The Balaban J connectivity index is 1.64. The number of nitrogens with one attached hydrogen (secondary N) is 1. The van der Waals surface area contributed by atoms with Gasteiger partial charge < -0.3 is 14.8 Å². The van der Waals surface area contributed by atoms with Crippen molar-refractivity contribution in [2.45, 2.75) is 25.4 Å². The van der Waals surface area contributed by atoms with Crippen molar-refractivity contribution in [2.75, 3.05) is 33.4 Å². The van der Waals surface area contributed by atoms with E-state index in [1.54, 1.807) is 18.4 Å². The van der Waals surface area contributed by atoms with E-state index in [9.17, 15) is 4.79 Å². The van der Waals surface area contributed by atoms with Crippen LogP contribution in [-0.4, -0.2) is 50.3 Å². The number of methoxy groups -OCH3 is 1. The molecule has 2 aromatic rings. The summed E-state index contributed by atoms with van der Waals surface area (Å²) in [4.78, 5) is 16.2. The molecule has 1 saturated heterocycles. The number of hydrogen-bond acceptors (Lipinski definition) is 5. The molecule has 0 spiro atoms. The normalized spacial score (nSPS) is 17.5. The van der Waals surface area contributed by atoms with Gasteiger partial charge in [-0.3, -0.25) is 9.69 Å². The van der Waals surface area contributed by atoms with Gasteiger partial charge in [-0.25, -0.2) is 0 Å². The Morgan fingerprint density at radius 2 is 2.00 bits per heavy atom. The second-order valence-electron chi connectivity index (χ2n) is 6.49. The van der Waals surface area contributed by atoms with Gasteiger partial charge in [0, 0.05) is 24.0 Å². The second kappa shape index (κ2) is 9.16. The van der Waals surface area contributed by atoms with Crippen molar-refractivity contribution < 1.29 is 14.3 Å². The summed E-state index contributed by atoms with van der Waals surface area (Å²) in [6.45, 7) is 5.36. The Labute approximate surface area is 158 Å². The summed E-state index contributed by atoms with van der Waals surface area (Å²) in [5.41, 5.74) is 0.981.